The Bertz CT molecular complexity index is 652. The molecular weight excluding hydrogens is 388 g/mol. The highest BCUT2D eigenvalue weighted by atomic mass is 79.9. The summed E-state index contributed by atoms with van der Waals surface area (Å²) in [4.78, 5) is 7.31. The van der Waals surface area contributed by atoms with Crippen LogP contribution in [0.5, 0.6) is 0 Å². The van der Waals surface area contributed by atoms with Crippen LogP contribution in [0, 0.1) is 0 Å². The maximum absolute atomic E-state index is 5.30. The molecule has 0 spiro atoms. The third-order valence-corrected chi connectivity index (χ3v) is 6.01. The molecule has 0 N–H and O–H groups in total. The second-order valence-electron chi connectivity index (χ2n) is 6.06. The first-order valence-corrected chi connectivity index (χ1v) is 9.86. The number of nitrogens with zero attached hydrogens (tertiary/aromatic N) is 2. The van der Waals surface area contributed by atoms with Gasteiger partial charge in [0.2, 0.25) is 0 Å². The van der Waals surface area contributed by atoms with Gasteiger partial charge >= 0.3 is 0 Å². The van der Waals surface area contributed by atoms with Crippen molar-refractivity contribution in [3.8, 4) is 11.3 Å². The summed E-state index contributed by atoms with van der Waals surface area (Å²) in [6.07, 6.45) is 2.15. The molecule has 2 heterocycles. The fourth-order valence-corrected chi connectivity index (χ4v) is 4.47. The first kappa shape index (κ1) is 18.0. The molecule has 1 fully saturated rings. The monoisotopic (exact) mass is 410 g/mol. The first-order chi connectivity index (χ1) is 11.7. The molecule has 24 heavy (non-hydrogen) atoms. The Kier molecular flexibility index (Phi) is 6.41. The van der Waals surface area contributed by atoms with Crippen LogP contribution in [0.4, 0.5) is 0 Å². The maximum atomic E-state index is 5.30. The zero-order chi connectivity index (χ0) is 16.9. The lowest BCUT2D eigenvalue weighted by molar-refractivity contribution is -0.118. The minimum Gasteiger partial charge on any atom is -0.355 e. The Labute approximate surface area is 155 Å². The number of ether oxygens (including phenoxy) is 2. The molecule has 0 radical (unpaired) electrons. The van der Waals surface area contributed by atoms with E-state index in [1.807, 2.05) is 6.07 Å². The number of likely N-dealkylation sites (tertiary alicyclic amines) is 1. The molecule has 3 rings (SSSR count). The number of thiazole rings is 1. The highest BCUT2D eigenvalue weighted by molar-refractivity contribution is 9.10. The van der Waals surface area contributed by atoms with Gasteiger partial charge in [-0.05, 0) is 38.1 Å². The Morgan fingerprint density at radius 3 is 2.71 bits per heavy atom. The van der Waals surface area contributed by atoms with Gasteiger partial charge in [-0.1, -0.05) is 28.1 Å². The summed E-state index contributed by atoms with van der Waals surface area (Å²) in [5, 5.41) is 3.44. The topological polar surface area (TPSA) is 34.6 Å². The second kappa shape index (κ2) is 8.54. The minimum atomic E-state index is -0.135. The van der Waals surface area contributed by atoms with Crippen LogP contribution < -0.4 is 0 Å². The Morgan fingerprint density at radius 2 is 2.04 bits per heavy atom. The van der Waals surface area contributed by atoms with Crippen LogP contribution in [-0.2, 0) is 9.47 Å². The minimum absolute atomic E-state index is 0.135. The molecule has 4 nitrogen and oxygen atoms in total. The molecule has 0 bridgehead atoms. The van der Waals surface area contributed by atoms with Crippen LogP contribution >= 0.6 is 27.3 Å². The van der Waals surface area contributed by atoms with Gasteiger partial charge in [0, 0.05) is 42.1 Å². The molecule has 6 heteroatoms. The number of hydrogen-bond acceptors (Lipinski definition) is 5. The van der Waals surface area contributed by atoms with Gasteiger partial charge in [-0.15, -0.1) is 11.3 Å². The highest BCUT2D eigenvalue weighted by Crippen LogP contribution is 2.33. The predicted molar refractivity (Wildman–Crippen MR) is 101 cm³/mol. The van der Waals surface area contributed by atoms with Crippen LogP contribution in [0.3, 0.4) is 0 Å². The van der Waals surface area contributed by atoms with Crippen LogP contribution in [0.2, 0.25) is 0 Å². The summed E-state index contributed by atoms with van der Waals surface area (Å²) in [5.74, 6) is 0.565. The average Bonchev–Trinajstić information content (AvgIpc) is 3.10. The van der Waals surface area contributed by atoms with Gasteiger partial charge in [0.25, 0.3) is 0 Å². The molecule has 1 aromatic heterocycles. The van der Waals surface area contributed by atoms with Crippen molar-refractivity contribution in [3.63, 3.8) is 0 Å². The normalized spacial score (nSPS) is 16.8. The number of rotatable bonds is 6. The summed E-state index contributed by atoms with van der Waals surface area (Å²) in [5.41, 5.74) is 2.25. The van der Waals surface area contributed by atoms with Crippen LogP contribution in [-0.4, -0.2) is 50.0 Å². The van der Waals surface area contributed by atoms with Crippen molar-refractivity contribution in [2.24, 2.45) is 0 Å². The number of hydrogen-bond donors (Lipinski definition) is 0. The zero-order valence-electron chi connectivity index (χ0n) is 14.1. The van der Waals surface area contributed by atoms with Gasteiger partial charge < -0.3 is 9.47 Å². The molecule has 0 aliphatic carbocycles. The molecular formula is C18H23BrN2O2S. The van der Waals surface area contributed by atoms with E-state index in [0.717, 1.165) is 42.6 Å². The van der Waals surface area contributed by atoms with E-state index in [1.165, 1.54) is 10.6 Å². The lowest BCUT2D eigenvalue weighted by Crippen LogP contribution is -2.39. The third kappa shape index (κ3) is 4.43. The lowest BCUT2D eigenvalue weighted by atomic mass is 9.97. The molecule has 0 atom stereocenters. The highest BCUT2D eigenvalue weighted by Gasteiger charge is 2.24. The number of benzene rings is 1. The SMILES string of the molecule is COC(CN1CCC(c2nc(-c3cccc(Br)c3)cs2)CC1)OC. The van der Waals surface area contributed by atoms with E-state index in [9.17, 15) is 0 Å². The van der Waals surface area contributed by atoms with Crippen molar-refractivity contribution < 1.29 is 9.47 Å². The van der Waals surface area contributed by atoms with Gasteiger partial charge in [-0.2, -0.15) is 0 Å². The summed E-state index contributed by atoms with van der Waals surface area (Å²) in [6.45, 7) is 2.97. The predicted octanol–water partition coefficient (Wildman–Crippen LogP) is 4.37. The van der Waals surface area contributed by atoms with Crippen molar-refractivity contribution in [2.45, 2.75) is 25.0 Å². The maximum Gasteiger partial charge on any atom is 0.169 e. The standard InChI is InChI=1S/C18H23BrN2O2S/c1-22-17(23-2)11-21-8-6-13(7-9-21)18-20-16(12-24-18)14-4-3-5-15(19)10-14/h3-5,10,12-13,17H,6-9,11H2,1-2H3. The van der Waals surface area contributed by atoms with E-state index in [-0.39, 0.29) is 6.29 Å². The van der Waals surface area contributed by atoms with Gasteiger partial charge in [-0.3, -0.25) is 4.90 Å². The van der Waals surface area contributed by atoms with Crippen LogP contribution in [0.15, 0.2) is 34.1 Å². The molecule has 130 valence electrons. The van der Waals surface area contributed by atoms with Crippen molar-refractivity contribution in [1.82, 2.24) is 9.88 Å². The average molecular weight is 411 g/mol. The summed E-state index contributed by atoms with van der Waals surface area (Å²) in [6, 6.07) is 8.33. The van der Waals surface area contributed by atoms with Gasteiger partial charge in [0.05, 0.1) is 10.7 Å². The summed E-state index contributed by atoms with van der Waals surface area (Å²) in [7, 11) is 3.39. The van der Waals surface area contributed by atoms with Crippen LogP contribution in [0.1, 0.15) is 23.8 Å². The van der Waals surface area contributed by atoms with Crippen molar-refractivity contribution in [1.29, 1.82) is 0 Å². The quantitative estimate of drug-likeness (QED) is 0.662. The Hall–Kier alpha value is -0.790. The molecule has 1 aliphatic heterocycles. The number of methoxy groups -OCH3 is 2. The molecule has 2 aromatic rings. The first-order valence-electron chi connectivity index (χ1n) is 8.19. The Morgan fingerprint density at radius 1 is 1.29 bits per heavy atom. The zero-order valence-corrected chi connectivity index (χ0v) is 16.5. The van der Waals surface area contributed by atoms with Gasteiger partial charge in [0.15, 0.2) is 6.29 Å². The van der Waals surface area contributed by atoms with Gasteiger partial charge in [0.1, 0.15) is 0 Å². The van der Waals surface area contributed by atoms with E-state index >= 15 is 0 Å². The van der Waals surface area contributed by atoms with E-state index in [4.69, 9.17) is 14.5 Å². The van der Waals surface area contributed by atoms with Crippen LogP contribution in [0.25, 0.3) is 11.3 Å². The van der Waals surface area contributed by atoms with E-state index in [0.29, 0.717) is 5.92 Å². The fourth-order valence-electron chi connectivity index (χ4n) is 3.07. The summed E-state index contributed by atoms with van der Waals surface area (Å²) >= 11 is 5.32. The number of piperidine rings is 1. The molecule has 1 saturated heterocycles. The summed E-state index contributed by atoms with van der Waals surface area (Å²) < 4.78 is 11.7. The number of halogens is 1. The van der Waals surface area contributed by atoms with Crippen molar-refractivity contribution in [3.05, 3.63) is 39.1 Å². The lowest BCUT2D eigenvalue weighted by Gasteiger charge is -2.32. The smallest absolute Gasteiger partial charge is 0.169 e. The number of aromatic nitrogens is 1. The molecule has 0 amide bonds. The van der Waals surface area contributed by atoms with E-state index in [1.54, 1.807) is 25.6 Å². The molecule has 1 aromatic carbocycles. The van der Waals surface area contributed by atoms with Crippen molar-refractivity contribution >= 4 is 27.3 Å². The second-order valence-corrected chi connectivity index (χ2v) is 7.86. The Balaban J connectivity index is 1.59. The molecule has 0 saturated carbocycles. The fraction of sp³-hybridized carbons (Fsp3) is 0.500. The van der Waals surface area contributed by atoms with E-state index < -0.39 is 0 Å². The van der Waals surface area contributed by atoms with Crippen molar-refractivity contribution in [2.75, 3.05) is 33.9 Å². The third-order valence-electron chi connectivity index (χ3n) is 4.51. The van der Waals surface area contributed by atoms with E-state index in [2.05, 4.69) is 44.4 Å². The molecule has 0 unspecified atom stereocenters. The molecule has 1 aliphatic rings. The largest absolute Gasteiger partial charge is 0.355 e. The van der Waals surface area contributed by atoms with Gasteiger partial charge in [-0.25, -0.2) is 4.98 Å².